The lowest BCUT2D eigenvalue weighted by atomic mass is 10.0. The molecule has 0 unspecified atom stereocenters. The zero-order valence-electron chi connectivity index (χ0n) is 17.7. The number of nitrogens with one attached hydrogen (secondary N) is 2. The summed E-state index contributed by atoms with van der Waals surface area (Å²) in [5.74, 6) is -1.40. The van der Waals surface area contributed by atoms with Crippen molar-refractivity contribution in [2.75, 3.05) is 18.4 Å². The molecule has 1 atom stereocenters. The van der Waals surface area contributed by atoms with Crippen LogP contribution in [0, 0.1) is 5.92 Å². The van der Waals surface area contributed by atoms with Gasteiger partial charge in [0.15, 0.2) is 0 Å². The number of alkyl halides is 3. The van der Waals surface area contributed by atoms with E-state index in [9.17, 15) is 13.2 Å². The van der Waals surface area contributed by atoms with E-state index in [1.54, 1.807) is 0 Å². The van der Waals surface area contributed by atoms with Crippen LogP contribution in [0.15, 0.2) is 41.8 Å². The molecule has 3 nitrogen and oxygen atoms in total. The quantitative estimate of drug-likeness (QED) is 0.423. The number of anilines is 1. The van der Waals surface area contributed by atoms with Crippen molar-refractivity contribution in [3.63, 3.8) is 0 Å². The van der Waals surface area contributed by atoms with Gasteiger partial charge in [-0.1, -0.05) is 48.9 Å². The Balaban J connectivity index is 1.42. The Morgan fingerprint density at radius 3 is 2.62 bits per heavy atom. The van der Waals surface area contributed by atoms with Gasteiger partial charge in [-0.2, -0.15) is 13.2 Å². The molecule has 0 fully saturated rings. The Morgan fingerprint density at radius 2 is 1.88 bits per heavy atom. The molecule has 1 aliphatic heterocycles. The molecule has 0 spiro atoms. The zero-order valence-corrected chi connectivity index (χ0v) is 19.3. The van der Waals surface area contributed by atoms with Gasteiger partial charge < -0.3 is 10.6 Å². The first kappa shape index (κ1) is 23.1. The summed E-state index contributed by atoms with van der Waals surface area (Å²) in [6, 6.07) is 12.0. The van der Waals surface area contributed by atoms with Gasteiger partial charge in [0, 0.05) is 23.9 Å². The number of benzene rings is 2. The van der Waals surface area contributed by atoms with Crippen molar-refractivity contribution < 1.29 is 13.2 Å². The Bertz CT molecular complexity index is 1060. The molecule has 0 bridgehead atoms. The van der Waals surface area contributed by atoms with Crippen LogP contribution in [0.1, 0.15) is 28.6 Å². The van der Waals surface area contributed by atoms with E-state index in [0.29, 0.717) is 17.2 Å². The van der Waals surface area contributed by atoms with Gasteiger partial charge in [-0.3, -0.25) is 0 Å². The van der Waals surface area contributed by atoms with Crippen molar-refractivity contribution in [1.82, 2.24) is 10.3 Å². The van der Waals surface area contributed by atoms with E-state index < -0.39 is 12.1 Å². The van der Waals surface area contributed by atoms with E-state index in [-0.39, 0.29) is 6.42 Å². The van der Waals surface area contributed by atoms with E-state index in [4.69, 9.17) is 11.6 Å². The number of nitrogens with zero attached hydrogens (tertiary/aromatic N) is 1. The molecule has 0 radical (unpaired) electrons. The molecule has 1 aromatic heterocycles. The Hall–Kier alpha value is -2.09. The SMILES string of the molecule is C[C@@H](Cc1nc(-c2ccc(CNc3c(Cl)ccc4c3CCNCC4)cc2)cs1)C(F)(F)F. The van der Waals surface area contributed by atoms with Gasteiger partial charge in [0.2, 0.25) is 0 Å². The molecule has 0 saturated heterocycles. The fourth-order valence-corrected chi connectivity index (χ4v) is 5.01. The summed E-state index contributed by atoms with van der Waals surface area (Å²) in [4.78, 5) is 4.41. The Labute approximate surface area is 195 Å². The van der Waals surface area contributed by atoms with E-state index in [1.807, 2.05) is 35.7 Å². The molecular formula is C24H25ClF3N3S. The molecular weight excluding hydrogens is 455 g/mol. The molecule has 4 rings (SSSR count). The summed E-state index contributed by atoms with van der Waals surface area (Å²) in [7, 11) is 0. The molecule has 170 valence electrons. The molecule has 1 aliphatic rings. The fraction of sp³-hybridized carbons (Fsp3) is 0.375. The van der Waals surface area contributed by atoms with Crippen molar-refractivity contribution >= 4 is 28.6 Å². The fourth-order valence-electron chi connectivity index (χ4n) is 3.83. The monoisotopic (exact) mass is 479 g/mol. The standard InChI is InChI=1S/C24H25ClF3N3S/c1-15(24(26,27)28)12-22-31-21(14-32-22)18-4-2-16(3-5-18)13-30-23-19-9-11-29-10-8-17(19)6-7-20(23)25/h2-7,14-15,29-30H,8-13H2,1H3/t15-/m0/s1. The summed E-state index contributed by atoms with van der Waals surface area (Å²) >= 11 is 7.77. The normalized spacial score (nSPS) is 15.2. The predicted octanol–water partition coefficient (Wildman–Crippen LogP) is 6.50. The molecule has 2 heterocycles. The van der Waals surface area contributed by atoms with Crippen LogP contribution in [0.2, 0.25) is 5.02 Å². The number of hydrogen-bond acceptors (Lipinski definition) is 4. The van der Waals surface area contributed by atoms with E-state index in [1.165, 1.54) is 29.4 Å². The number of aromatic nitrogens is 1. The van der Waals surface area contributed by atoms with Gasteiger partial charge >= 0.3 is 6.18 Å². The maximum absolute atomic E-state index is 12.8. The topological polar surface area (TPSA) is 37.0 Å². The lowest BCUT2D eigenvalue weighted by molar-refractivity contribution is -0.169. The van der Waals surface area contributed by atoms with Gasteiger partial charge in [-0.25, -0.2) is 4.98 Å². The van der Waals surface area contributed by atoms with Crippen molar-refractivity contribution in [3.8, 4) is 11.3 Å². The average molecular weight is 480 g/mol. The first-order valence-electron chi connectivity index (χ1n) is 10.7. The van der Waals surface area contributed by atoms with Gasteiger partial charge in [-0.15, -0.1) is 11.3 Å². The molecule has 0 saturated carbocycles. The van der Waals surface area contributed by atoms with Crippen molar-refractivity contribution in [2.45, 2.75) is 38.9 Å². The average Bonchev–Trinajstić information content (AvgIpc) is 3.09. The zero-order chi connectivity index (χ0) is 22.7. The number of hydrogen-bond donors (Lipinski definition) is 2. The molecule has 2 N–H and O–H groups in total. The van der Waals surface area contributed by atoms with Gasteiger partial charge in [-0.05, 0) is 48.7 Å². The number of fused-ring (bicyclic) bond motifs is 1. The predicted molar refractivity (Wildman–Crippen MR) is 126 cm³/mol. The molecule has 0 aliphatic carbocycles. The van der Waals surface area contributed by atoms with Crippen LogP contribution in [0.25, 0.3) is 11.3 Å². The Kier molecular flexibility index (Phi) is 7.08. The lowest BCUT2D eigenvalue weighted by Crippen LogP contribution is -2.21. The molecule has 8 heteroatoms. The third-order valence-electron chi connectivity index (χ3n) is 5.79. The number of halogens is 4. The van der Waals surface area contributed by atoms with E-state index in [2.05, 4.69) is 21.7 Å². The van der Waals surface area contributed by atoms with Gasteiger partial charge in [0.05, 0.1) is 27.3 Å². The largest absolute Gasteiger partial charge is 0.391 e. The summed E-state index contributed by atoms with van der Waals surface area (Å²) in [6.45, 7) is 3.74. The van der Waals surface area contributed by atoms with Crippen LogP contribution in [-0.2, 0) is 25.8 Å². The lowest BCUT2D eigenvalue weighted by Gasteiger charge is -2.16. The highest BCUT2D eigenvalue weighted by Crippen LogP contribution is 2.32. The molecule has 3 aromatic rings. The third kappa shape index (κ3) is 5.45. The summed E-state index contributed by atoms with van der Waals surface area (Å²) < 4.78 is 38.4. The summed E-state index contributed by atoms with van der Waals surface area (Å²) in [5, 5.41) is 9.98. The highest BCUT2D eigenvalue weighted by Gasteiger charge is 2.36. The van der Waals surface area contributed by atoms with Crippen LogP contribution < -0.4 is 10.6 Å². The number of thiazole rings is 1. The van der Waals surface area contributed by atoms with Crippen LogP contribution in [0.5, 0.6) is 0 Å². The summed E-state index contributed by atoms with van der Waals surface area (Å²) in [5.41, 5.74) is 6.31. The molecule has 0 amide bonds. The van der Waals surface area contributed by atoms with Crippen molar-refractivity contribution in [2.24, 2.45) is 5.92 Å². The first-order chi connectivity index (χ1) is 15.3. The first-order valence-corrected chi connectivity index (χ1v) is 11.9. The van der Waals surface area contributed by atoms with Crippen LogP contribution in [0.4, 0.5) is 18.9 Å². The highest BCUT2D eigenvalue weighted by molar-refractivity contribution is 7.09. The minimum absolute atomic E-state index is 0.0894. The van der Waals surface area contributed by atoms with Crippen molar-refractivity contribution in [1.29, 1.82) is 0 Å². The van der Waals surface area contributed by atoms with Crippen LogP contribution >= 0.6 is 22.9 Å². The summed E-state index contributed by atoms with van der Waals surface area (Å²) in [6.07, 6.45) is -2.35. The van der Waals surface area contributed by atoms with Gasteiger partial charge in [0.25, 0.3) is 0 Å². The molecule has 32 heavy (non-hydrogen) atoms. The third-order valence-corrected chi connectivity index (χ3v) is 6.98. The number of rotatable bonds is 6. The molecule has 2 aromatic carbocycles. The van der Waals surface area contributed by atoms with E-state index >= 15 is 0 Å². The highest BCUT2D eigenvalue weighted by atomic mass is 35.5. The van der Waals surface area contributed by atoms with Crippen LogP contribution in [-0.4, -0.2) is 24.2 Å². The minimum atomic E-state index is -4.20. The minimum Gasteiger partial charge on any atom is -0.380 e. The smallest absolute Gasteiger partial charge is 0.380 e. The van der Waals surface area contributed by atoms with Crippen LogP contribution in [0.3, 0.4) is 0 Å². The second-order valence-electron chi connectivity index (χ2n) is 8.13. The van der Waals surface area contributed by atoms with Gasteiger partial charge in [0.1, 0.15) is 0 Å². The second kappa shape index (κ2) is 9.81. The van der Waals surface area contributed by atoms with Crippen molar-refractivity contribution in [3.05, 3.63) is 68.5 Å². The maximum Gasteiger partial charge on any atom is 0.391 e. The maximum atomic E-state index is 12.8. The second-order valence-corrected chi connectivity index (χ2v) is 9.48. The van der Waals surface area contributed by atoms with E-state index in [0.717, 1.165) is 47.8 Å². The Morgan fingerprint density at radius 1 is 1.12 bits per heavy atom.